The van der Waals surface area contributed by atoms with Crippen LogP contribution >= 0.6 is 0 Å². The Labute approximate surface area is 57.1 Å². The first-order valence-electron chi connectivity index (χ1n) is 3.81. The summed E-state index contributed by atoms with van der Waals surface area (Å²) in [6.45, 7) is 6.28. The van der Waals surface area contributed by atoms with E-state index in [0.29, 0.717) is 5.92 Å². The molecule has 0 radical (unpaired) electrons. The molecule has 54 valence electrons. The van der Waals surface area contributed by atoms with Crippen molar-refractivity contribution in [3.05, 3.63) is 0 Å². The van der Waals surface area contributed by atoms with Crippen LogP contribution in [-0.4, -0.2) is 11.2 Å². The SMILES string of the molecule is CC(O)C(C)C1CC1C. The van der Waals surface area contributed by atoms with Gasteiger partial charge >= 0.3 is 0 Å². The normalized spacial score (nSPS) is 40.0. The minimum Gasteiger partial charge on any atom is -0.393 e. The first-order chi connectivity index (χ1) is 4.13. The molecule has 1 saturated carbocycles. The zero-order valence-electron chi connectivity index (χ0n) is 6.46. The topological polar surface area (TPSA) is 20.2 Å². The number of hydrogen-bond acceptors (Lipinski definition) is 1. The molecule has 0 aromatic carbocycles. The molecule has 0 amide bonds. The second kappa shape index (κ2) is 2.30. The second-order valence-corrected chi connectivity index (χ2v) is 3.48. The summed E-state index contributed by atoms with van der Waals surface area (Å²) in [5.41, 5.74) is 0. The van der Waals surface area contributed by atoms with E-state index in [0.717, 1.165) is 11.8 Å². The summed E-state index contributed by atoms with van der Waals surface area (Å²) in [5, 5.41) is 9.15. The van der Waals surface area contributed by atoms with Gasteiger partial charge in [0, 0.05) is 0 Å². The van der Waals surface area contributed by atoms with Gasteiger partial charge in [0.2, 0.25) is 0 Å². The van der Waals surface area contributed by atoms with Crippen molar-refractivity contribution in [2.45, 2.75) is 33.3 Å². The van der Waals surface area contributed by atoms with Gasteiger partial charge in [0.05, 0.1) is 6.10 Å². The fourth-order valence-corrected chi connectivity index (χ4v) is 1.44. The van der Waals surface area contributed by atoms with Crippen molar-refractivity contribution in [1.29, 1.82) is 0 Å². The lowest BCUT2D eigenvalue weighted by Crippen LogP contribution is -2.15. The molecule has 0 heterocycles. The highest BCUT2D eigenvalue weighted by Crippen LogP contribution is 2.44. The Morgan fingerprint density at radius 2 is 1.89 bits per heavy atom. The van der Waals surface area contributed by atoms with Gasteiger partial charge in [-0.2, -0.15) is 0 Å². The molecule has 1 aliphatic carbocycles. The standard InChI is InChI=1S/C8H16O/c1-5-4-8(5)6(2)7(3)9/h5-9H,4H2,1-3H3. The average molecular weight is 128 g/mol. The first kappa shape index (κ1) is 7.07. The molecule has 1 nitrogen and oxygen atoms in total. The molecule has 0 saturated heterocycles. The van der Waals surface area contributed by atoms with Crippen molar-refractivity contribution < 1.29 is 5.11 Å². The molecule has 0 spiro atoms. The van der Waals surface area contributed by atoms with E-state index in [4.69, 9.17) is 5.11 Å². The predicted octanol–water partition coefficient (Wildman–Crippen LogP) is 1.66. The Morgan fingerprint density at radius 3 is 2.00 bits per heavy atom. The molecule has 1 heteroatoms. The monoisotopic (exact) mass is 128 g/mol. The highest BCUT2D eigenvalue weighted by Gasteiger charge is 2.38. The van der Waals surface area contributed by atoms with Gasteiger partial charge in [-0.1, -0.05) is 13.8 Å². The van der Waals surface area contributed by atoms with Gasteiger partial charge in [0.25, 0.3) is 0 Å². The van der Waals surface area contributed by atoms with Crippen LogP contribution in [0.3, 0.4) is 0 Å². The summed E-state index contributed by atoms with van der Waals surface area (Å²) in [7, 11) is 0. The van der Waals surface area contributed by atoms with Crippen LogP contribution < -0.4 is 0 Å². The number of hydrogen-bond donors (Lipinski definition) is 1. The molecular formula is C8H16O. The molecule has 9 heavy (non-hydrogen) atoms. The fraction of sp³-hybridized carbons (Fsp3) is 1.00. The first-order valence-corrected chi connectivity index (χ1v) is 3.81. The van der Waals surface area contributed by atoms with E-state index in [1.165, 1.54) is 6.42 Å². The van der Waals surface area contributed by atoms with E-state index in [-0.39, 0.29) is 6.10 Å². The van der Waals surface area contributed by atoms with E-state index < -0.39 is 0 Å². The van der Waals surface area contributed by atoms with Crippen LogP contribution in [0.25, 0.3) is 0 Å². The quantitative estimate of drug-likeness (QED) is 0.599. The van der Waals surface area contributed by atoms with Gasteiger partial charge in [0.1, 0.15) is 0 Å². The lowest BCUT2D eigenvalue weighted by Gasteiger charge is -2.12. The Kier molecular flexibility index (Phi) is 1.80. The summed E-state index contributed by atoms with van der Waals surface area (Å²) < 4.78 is 0. The van der Waals surface area contributed by atoms with Crippen molar-refractivity contribution in [2.75, 3.05) is 0 Å². The number of rotatable bonds is 2. The summed E-state index contributed by atoms with van der Waals surface area (Å²) in [5.74, 6) is 2.19. The van der Waals surface area contributed by atoms with Crippen LogP contribution in [0.2, 0.25) is 0 Å². The molecule has 0 aliphatic heterocycles. The zero-order chi connectivity index (χ0) is 7.02. The Balaban J connectivity index is 2.27. The fourth-order valence-electron chi connectivity index (χ4n) is 1.44. The van der Waals surface area contributed by atoms with Crippen molar-refractivity contribution in [1.82, 2.24) is 0 Å². The van der Waals surface area contributed by atoms with Crippen LogP contribution in [0.4, 0.5) is 0 Å². The summed E-state index contributed by atoms with van der Waals surface area (Å²) >= 11 is 0. The van der Waals surface area contributed by atoms with E-state index in [9.17, 15) is 0 Å². The summed E-state index contributed by atoms with van der Waals surface area (Å²) in [4.78, 5) is 0. The average Bonchev–Trinajstić information content (AvgIpc) is 2.44. The molecule has 0 aromatic rings. The van der Waals surface area contributed by atoms with Crippen molar-refractivity contribution in [3.8, 4) is 0 Å². The lowest BCUT2D eigenvalue weighted by molar-refractivity contribution is 0.120. The van der Waals surface area contributed by atoms with E-state index in [2.05, 4.69) is 13.8 Å². The van der Waals surface area contributed by atoms with E-state index in [1.54, 1.807) is 0 Å². The smallest absolute Gasteiger partial charge is 0.0540 e. The van der Waals surface area contributed by atoms with E-state index >= 15 is 0 Å². The third-order valence-electron chi connectivity index (χ3n) is 2.61. The number of aliphatic hydroxyl groups is 1. The zero-order valence-corrected chi connectivity index (χ0v) is 6.46. The van der Waals surface area contributed by atoms with Crippen molar-refractivity contribution in [3.63, 3.8) is 0 Å². The summed E-state index contributed by atoms with van der Waals surface area (Å²) in [6, 6.07) is 0. The lowest BCUT2D eigenvalue weighted by atomic mass is 9.99. The van der Waals surface area contributed by atoms with Gasteiger partial charge in [-0.15, -0.1) is 0 Å². The minimum atomic E-state index is -0.111. The van der Waals surface area contributed by atoms with Gasteiger partial charge < -0.3 is 5.11 Å². The molecule has 1 fully saturated rings. The van der Waals surface area contributed by atoms with Crippen LogP contribution in [0.1, 0.15) is 27.2 Å². The second-order valence-electron chi connectivity index (χ2n) is 3.48. The van der Waals surface area contributed by atoms with E-state index in [1.807, 2.05) is 6.92 Å². The van der Waals surface area contributed by atoms with Crippen LogP contribution in [0, 0.1) is 17.8 Å². The predicted molar refractivity (Wildman–Crippen MR) is 38.1 cm³/mol. The van der Waals surface area contributed by atoms with Gasteiger partial charge in [-0.05, 0) is 31.1 Å². The maximum Gasteiger partial charge on any atom is 0.0540 e. The van der Waals surface area contributed by atoms with Gasteiger partial charge in [-0.25, -0.2) is 0 Å². The molecule has 0 aromatic heterocycles. The molecule has 1 rings (SSSR count). The number of aliphatic hydroxyl groups excluding tert-OH is 1. The Morgan fingerprint density at radius 1 is 1.44 bits per heavy atom. The Bertz CT molecular complexity index is 98.7. The maximum absolute atomic E-state index is 9.15. The highest BCUT2D eigenvalue weighted by molar-refractivity contribution is 4.88. The molecule has 0 bridgehead atoms. The van der Waals surface area contributed by atoms with Crippen molar-refractivity contribution in [2.24, 2.45) is 17.8 Å². The Hall–Kier alpha value is -0.0400. The van der Waals surface area contributed by atoms with Crippen LogP contribution in [0.15, 0.2) is 0 Å². The van der Waals surface area contributed by atoms with Crippen LogP contribution in [0.5, 0.6) is 0 Å². The molecule has 1 aliphatic rings. The summed E-state index contributed by atoms with van der Waals surface area (Å²) in [6.07, 6.45) is 1.21. The van der Waals surface area contributed by atoms with Crippen molar-refractivity contribution >= 4 is 0 Å². The highest BCUT2D eigenvalue weighted by atomic mass is 16.3. The molecule has 4 unspecified atom stereocenters. The van der Waals surface area contributed by atoms with Crippen LogP contribution in [-0.2, 0) is 0 Å². The van der Waals surface area contributed by atoms with Gasteiger partial charge in [0.15, 0.2) is 0 Å². The maximum atomic E-state index is 9.15. The third kappa shape index (κ3) is 1.45. The minimum absolute atomic E-state index is 0.111. The third-order valence-corrected chi connectivity index (χ3v) is 2.61. The largest absolute Gasteiger partial charge is 0.393 e. The molecular weight excluding hydrogens is 112 g/mol. The molecule has 1 N–H and O–H groups in total. The molecule has 4 atom stereocenters. The van der Waals surface area contributed by atoms with Gasteiger partial charge in [-0.3, -0.25) is 0 Å².